The molecular weight excluding hydrogens is 299 g/mol. The van der Waals surface area contributed by atoms with Gasteiger partial charge in [0.25, 0.3) is 5.91 Å². The monoisotopic (exact) mass is 314 g/mol. The molecule has 1 rings (SSSR count). The Bertz CT molecular complexity index is 677. The molecule has 4 N–H and O–H groups in total. The van der Waals surface area contributed by atoms with Gasteiger partial charge < -0.3 is 10.4 Å². The Morgan fingerprint density at radius 2 is 2.14 bits per heavy atom. The average molecular weight is 314 g/mol. The minimum atomic E-state index is -3.67. The Morgan fingerprint density at radius 1 is 1.43 bits per heavy atom. The van der Waals surface area contributed by atoms with Crippen LogP contribution in [0.5, 0.6) is 0 Å². The number of halogens is 1. The SMILES string of the molecule is NS(=O)(=O)CCNC(=O)c1ccc(F)cc1C#CCCO. The largest absolute Gasteiger partial charge is 0.395 e. The minimum absolute atomic E-state index is 0.122. The lowest BCUT2D eigenvalue weighted by Crippen LogP contribution is -2.31. The summed E-state index contributed by atoms with van der Waals surface area (Å²) < 4.78 is 34.7. The number of rotatable bonds is 5. The number of aliphatic hydroxyl groups is 1. The van der Waals surface area contributed by atoms with Gasteiger partial charge in [-0.25, -0.2) is 17.9 Å². The van der Waals surface area contributed by atoms with Crippen molar-refractivity contribution >= 4 is 15.9 Å². The van der Waals surface area contributed by atoms with Crippen molar-refractivity contribution in [2.45, 2.75) is 6.42 Å². The number of nitrogens with two attached hydrogens (primary N) is 1. The van der Waals surface area contributed by atoms with Gasteiger partial charge in [0.15, 0.2) is 0 Å². The van der Waals surface area contributed by atoms with E-state index in [4.69, 9.17) is 10.2 Å². The van der Waals surface area contributed by atoms with Crippen LogP contribution in [0.15, 0.2) is 18.2 Å². The van der Waals surface area contributed by atoms with Gasteiger partial charge in [-0.2, -0.15) is 0 Å². The summed E-state index contributed by atoms with van der Waals surface area (Å²) in [5, 5.41) is 15.8. The van der Waals surface area contributed by atoms with E-state index in [1.54, 1.807) is 0 Å². The van der Waals surface area contributed by atoms with Gasteiger partial charge in [-0.15, -0.1) is 0 Å². The van der Waals surface area contributed by atoms with Crippen molar-refractivity contribution in [1.29, 1.82) is 0 Å². The van der Waals surface area contributed by atoms with Crippen molar-refractivity contribution in [3.63, 3.8) is 0 Å². The highest BCUT2D eigenvalue weighted by Gasteiger charge is 2.12. The molecule has 0 heterocycles. The normalized spacial score (nSPS) is 10.6. The van der Waals surface area contributed by atoms with Crippen LogP contribution in [0.1, 0.15) is 22.3 Å². The lowest BCUT2D eigenvalue weighted by atomic mass is 10.1. The van der Waals surface area contributed by atoms with Crippen molar-refractivity contribution < 1.29 is 22.7 Å². The number of primary sulfonamides is 1. The summed E-state index contributed by atoms with van der Waals surface area (Å²) in [6.45, 7) is -0.295. The Kier molecular flexibility index (Phi) is 6.30. The molecule has 21 heavy (non-hydrogen) atoms. The standard InChI is InChI=1S/C13H15FN2O4S/c14-11-4-5-12(10(9-11)3-1-2-7-17)13(18)16-6-8-21(15,19)20/h4-5,9,17H,2,6-8H2,(H,16,18)(H2,15,19,20). The second kappa shape index (κ2) is 7.73. The van der Waals surface area contributed by atoms with E-state index in [9.17, 15) is 17.6 Å². The van der Waals surface area contributed by atoms with Gasteiger partial charge in [0.1, 0.15) is 5.82 Å². The number of hydrogen-bond acceptors (Lipinski definition) is 4. The summed E-state index contributed by atoms with van der Waals surface area (Å²) in [6, 6.07) is 3.45. The molecule has 0 aliphatic carbocycles. The molecule has 0 aromatic heterocycles. The second-order valence-corrected chi connectivity index (χ2v) is 5.82. The smallest absolute Gasteiger partial charge is 0.252 e. The van der Waals surface area contributed by atoms with E-state index in [1.807, 2.05) is 0 Å². The first-order valence-corrected chi connectivity index (χ1v) is 7.73. The quantitative estimate of drug-likeness (QED) is 0.641. The van der Waals surface area contributed by atoms with Crippen molar-refractivity contribution in [3.8, 4) is 11.8 Å². The van der Waals surface area contributed by atoms with Gasteiger partial charge in [-0.05, 0) is 18.2 Å². The van der Waals surface area contributed by atoms with Crippen LogP contribution in [0.25, 0.3) is 0 Å². The summed E-state index contributed by atoms with van der Waals surface area (Å²) in [5.74, 6) is 3.65. The van der Waals surface area contributed by atoms with Crippen LogP contribution in [0.3, 0.4) is 0 Å². The first-order chi connectivity index (χ1) is 9.83. The fraction of sp³-hybridized carbons (Fsp3) is 0.308. The first kappa shape index (κ1) is 17.1. The van der Waals surface area contributed by atoms with Crippen molar-refractivity contribution in [2.24, 2.45) is 5.14 Å². The van der Waals surface area contributed by atoms with Crippen LogP contribution in [-0.4, -0.2) is 38.3 Å². The maximum Gasteiger partial charge on any atom is 0.252 e. The fourth-order valence-electron chi connectivity index (χ4n) is 1.43. The molecule has 8 heteroatoms. The van der Waals surface area contributed by atoms with Gasteiger partial charge in [-0.1, -0.05) is 11.8 Å². The Balaban J connectivity index is 2.86. The third-order valence-electron chi connectivity index (χ3n) is 2.36. The van der Waals surface area contributed by atoms with E-state index < -0.39 is 27.5 Å². The average Bonchev–Trinajstić information content (AvgIpc) is 2.37. The molecule has 0 saturated carbocycles. The predicted octanol–water partition coefficient (Wildman–Crippen LogP) is -0.422. The molecule has 0 spiro atoms. The van der Waals surface area contributed by atoms with Crippen molar-refractivity contribution in [1.82, 2.24) is 5.32 Å². The zero-order chi connectivity index (χ0) is 15.9. The van der Waals surface area contributed by atoms with Crippen molar-refractivity contribution in [2.75, 3.05) is 18.9 Å². The van der Waals surface area contributed by atoms with E-state index in [0.29, 0.717) is 0 Å². The van der Waals surface area contributed by atoms with Crippen LogP contribution in [0.2, 0.25) is 0 Å². The highest BCUT2D eigenvalue weighted by Crippen LogP contribution is 2.10. The molecule has 0 atom stereocenters. The maximum absolute atomic E-state index is 13.2. The van der Waals surface area contributed by atoms with E-state index in [2.05, 4.69) is 17.2 Å². The van der Waals surface area contributed by atoms with Gasteiger partial charge in [0.05, 0.1) is 17.9 Å². The zero-order valence-electron chi connectivity index (χ0n) is 11.1. The maximum atomic E-state index is 13.2. The lowest BCUT2D eigenvalue weighted by Gasteiger charge is -2.06. The molecule has 0 radical (unpaired) electrons. The molecular formula is C13H15FN2O4S. The van der Waals surface area contributed by atoms with E-state index in [-0.39, 0.29) is 30.7 Å². The van der Waals surface area contributed by atoms with Crippen LogP contribution < -0.4 is 10.5 Å². The molecule has 0 aliphatic heterocycles. The number of carbonyl (C=O) groups excluding carboxylic acids is 1. The Hall–Kier alpha value is -1.95. The summed E-state index contributed by atoms with van der Waals surface area (Å²) >= 11 is 0. The van der Waals surface area contributed by atoms with Gasteiger partial charge in [0.2, 0.25) is 10.0 Å². The Labute approximate surface area is 122 Å². The summed E-state index contributed by atoms with van der Waals surface area (Å²) in [7, 11) is -3.67. The van der Waals surface area contributed by atoms with E-state index in [1.165, 1.54) is 6.07 Å². The van der Waals surface area contributed by atoms with Crippen LogP contribution in [-0.2, 0) is 10.0 Å². The minimum Gasteiger partial charge on any atom is -0.395 e. The molecule has 1 amide bonds. The number of hydrogen-bond donors (Lipinski definition) is 3. The van der Waals surface area contributed by atoms with Crippen LogP contribution in [0.4, 0.5) is 4.39 Å². The number of benzene rings is 1. The molecule has 0 aliphatic rings. The number of amides is 1. The third kappa shape index (κ3) is 6.35. The summed E-state index contributed by atoms with van der Waals surface area (Å²) in [4.78, 5) is 11.9. The van der Waals surface area contributed by atoms with E-state index >= 15 is 0 Å². The molecule has 0 fully saturated rings. The number of nitrogens with one attached hydrogen (secondary N) is 1. The molecule has 114 valence electrons. The highest BCUT2D eigenvalue weighted by atomic mass is 32.2. The zero-order valence-corrected chi connectivity index (χ0v) is 11.9. The first-order valence-electron chi connectivity index (χ1n) is 6.01. The third-order valence-corrected chi connectivity index (χ3v) is 3.13. The second-order valence-electron chi connectivity index (χ2n) is 4.09. The molecule has 6 nitrogen and oxygen atoms in total. The van der Waals surface area contributed by atoms with Gasteiger partial charge in [0, 0.05) is 18.5 Å². The van der Waals surface area contributed by atoms with Crippen LogP contribution >= 0.6 is 0 Å². The predicted molar refractivity (Wildman–Crippen MR) is 75.3 cm³/mol. The Morgan fingerprint density at radius 3 is 2.76 bits per heavy atom. The molecule has 0 saturated heterocycles. The number of aliphatic hydroxyl groups excluding tert-OH is 1. The molecule has 1 aromatic rings. The summed E-state index contributed by atoms with van der Waals surface area (Å²) in [6.07, 6.45) is 0.197. The molecule has 0 bridgehead atoms. The number of sulfonamides is 1. The lowest BCUT2D eigenvalue weighted by molar-refractivity contribution is 0.0956. The van der Waals surface area contributed by atoms with E-state index in [0.717, 1.165) is 12.1 Å². The summed E-state index contributed by atoms with van der Waals surface area (Å²) in [5.41, 5.74) is 0.285. The van der Waals surface area contributed by atoms with Crippen LogP contribution in [0, 0.1) is 17.7 Å². The van der Waals surface area contributed by atoms with Crippen molar-refractivity contribution in [3.05, 3.63) is 35.1 Å². The molecule has 1 aromatic carbocycles. The highest BCUT2D eigenvalue weighted by molar-refractivity contribution is 7.89. The molecule has 0 unspecified atom stereocenters. The van der Waals surface area contributed by atoms with Gasteiger partial charge in [-0.3, -0.25) is 4.79 Å². The number of carbonyl (C=O) groups is 1. The van der Waals surface area contributed by atoms with Gasteiger partial charge >= 0.3 is 0 Å². The topological polar surface area (TPSA) is 109 Å². The fourth-order valence-corrected chi connectivity index (χ4v) is 1.82.